The van der Waals surface area contributed by atoms with Gasteiger partial charge in [0.05, 0.1) is 0 Å². The number of para-hydroxylation sites is 2. The largest absolute Gasteiger partial charge is 0.455 e. The summed E-state index contributed by atoms with van der Waals surface area (Å²) in [6.07, 6.45) is 0. The van der Waals surface area contributed by atoms with Crippen molar-refractivity contribution in [2.75, 3.05) is 4.90 Å². The van der Waals surface area contributed by atoms with E-state index in [9.17, 15) is 0 Å². The fourth-order valence-electron chi connectivity index (χ4n) is 9.76. The van der Waals surface area contributed by atoms with Gasteiger partial charge in [-0.05, 0) is 110 Å². The smallest absolute Gasteiger partial charge is 0.143 e. The van der Waals surface area contributed by atoms with Crippen LogP contribution in [-0.4, -0.2) is 0 Å². The van der Waals surface area contributed by atoms with E-state index in [0.717, 1.165) is 44.6 Å². The minimum Gasteiger partial charge on any atom is -0.455 e. The van der Waals surface area contributed by atoms with E-state index in [0.29, 0.717) is 0 Å². The predicted octanol–water partition coefficient (Wildman–Crippen LogP) is 15.0. The lowest BCUT2D eigenvalue weighted by atomic mass is 9.81. The molecule has 0 unspecified atom stereocenters. The van der Waals surface area contributed by atoms with Gasteiger partial charge in [0.25, 0.3) is 0 Å². The molecular weight excluding hydrogens is 679 g/mol. The first-order valence-electron chi connectivity index (χ1n) is 19.7. The van der Waals surface area contributed by atoms with Crippen molar-refractivity contribution in [3.05, 3.63) is 198 Å². The Balaban J connectivity index is 1.06. The molecule has 9 aromatic rings. The summed E-state index contributed by atoms with van der Waals surface area (Å²) in [4.78, 5) is 2.46. The van der Waals surface area contributed by atoms with Crippen molar-refractivity contribution in [3.63, 3.8) is 0 Å². The summed E-state index contributed by atoms with van der Waals surface area (Å²) in [5.41, 5.74) is 20.4. The Kier molecular flexibility index (Phi) is 6.98. The molecule has 1 aromatic heterocycles. The Morgan fingerprint density at radius 1 is 0.357 bits per heavy atom. The molecule has 2 nitrogen and oxygen atoms in total. The molecule has 8 aromatic carbocycles. The van der Waals surface area contributed by atoms with Crippen LogP contribution in [0.2, 0.25) is 0 Å². The van der Waals surface area contributed by atoms with E-state index in [1.54, 1.807) is 0 Å². The summed E-state index contributed by atoms with van der Waals surface area (Å²) in [5.74, 6) is 0. The summed E-state index contributed by atoms with van der Waals surface area (Å²) >= 11 is 0. The first-order chi connectivity index (χ1) is 27.3. The van der Waals surface area contributed by atoms with Crippen molar-refractivity contribution in [3.8, 4) is 44.5 Å². The standard InChI is InChI=1S/C54H41NO/c1-53(2)47-22-10-8-18-41(47)42-27-25-38(32-49(42)53)55(37-17-12-16-35(30-37)34-14-6-5-7-15-34)39-26-28-43-46-31-36(24-29-48(46)54(3,4)50(43)33-39)40-20-13-21-45-44-19-9-11-23-51(44)56-52(40)45/h5-33H,1-4H3. The minimum atomic E-state index is -0.191. The number of furan rings is 1. The molecule has 0 saturated heterocycles. The Labute approximate surface area is 328 Å². The van der Waals surface area contributed by atoms with E-state index in [1.807, 2.05) is 6.07 Å². The van der Waals surface area contributed by atoms with Crippen LogP contribution >= 0.6 is 0 Å². The maximum absolute atomic E-state index is 6.48. The summed E-state index contributed by atoms with van der Waals surface area (Å²) in [7, 11) is 0. The normalized spacial score (nSPS) is 14.4. The van der Waals surface area contributed by atoms with Crippen molar-refractivity contribution in [1.82, 2.24) is 0 Å². The number of rotatable bonds is 5. The summed E-state index contributed by atoms with van der Waals surface area (Å²) in [6, 6.07) is 64.6. The molecule has 1 heterocycles. The van der Waals surface area contributed by atoms with Gasteiger partial charge < -0.3 is 9.32 Å². The molecule has 2 heteroatoms. The molecule has 0 bridgehead atoms. The topological polar surface area (TPSA) is 16.4 Å². The third-order valence-electron chi connectivity index (χ3n) is 12.7. The molecule has 0 saturated carbocycles. The Morgan fingerprint density at radius 2 is 0.929 bits per heavy atom. The van der Waals surface area contributed by atoms with E-state index < -0.39 is 0 Å². The predicted molar refractivity (Wildman–Crippen MR) is 234 cm³/mol. The zero-order chi connectivity index (χ0) is 37.8. The van der Waals surface area contributed by atoms with Gasteiger partial charge in [-0.15, -0.1) is 0 Å². The zero-order valence-corrected chi connectivity index (χ0v) is 32.1. The fourth-order valence-corrected chi connectivity index (χ4v) is 9.76. The molecule has 0 spiro atoms. The highest BCUT2D eigenvalue weighted by atomic mass is 16.3. The van der Waals surface area contributed by atoms with Crippen molar-refractivity contribution in [2.24, 2.45) is 0 Å². The number of fused-ring (bicyclic) bond motifs is 9. The summed E-state index contributed by atoms with van der Waals surface area (Å²) in [5, 5.41) is 2.30. The average Bonchev–Trinajstić information content (AvgIpc) is 3.81. The van der Waals surface area contributed by atoms with E-state index in [4.69, 9.17) is 4.42 Å². The van der Waals surface area contributed by atoms with Crippen LogP contribution in [0, 0.1) is 0 Å². The van der Waals surface area contributed by atoms with Gasteiger partial charge in [-0.2, -0.15) is 0 Å². The van der Waals surface area contributed by atoms with Crippen LogP contribution in [0.1, 0.15) is 49.9 Å². The second kappa shape index (κ2) is 11.9. The molecule has 0 radical (unpaired) electrons. The number of benzene rings is 8. The lowest BCUT2D eigenvalue weighted by Crippen LogP contribution is -2.18. The Bertz CT molecular complexity index is 3030. The SMILES string of the molecule is CC1(C)c2ccccc2-c2ccc(N(c3cccc(-c4ccccc4)c3)c3ccc4c(c3)C(C)(C)c3ccc(-c5cccc6c5oc5ccccc56)cc3-4)cc21. The van der Waals surface area contributed by atoms with Gasteiger partial charge in [0.15, 0.2) is 0 Å². The highest BCUT2D eigenvalue weighted by Gasteiger charge is 2.38. The van der Waals surface area contributed by atoms with Crippen LogP contribution in [0.4, 0.5) is 17.1 Å². The average molecular weight is 720 g/mol. The van der Waals surface area contributed by atoms with Crippen molar-refractivity contribution in [1.29, 1.82) is 0 Å². The first-order valence-corrected chi connectivity index (χ1v) is 19.7. The summed E-state index contributed by atoms with van der Waals surface area (Å²) < 4.78 is 6.48. The van der Waals surface area contributed by atoms with Gasteiger partial charge in [-0.25, -0.2) is 0 Å². The van der Waals surface area contributed by atoms with E-state index in [-0.39, 0.29) is 10.8 Å². The second-order valence-electron chi connectivity index (χ2n) is 16.5. The molecule has 56 heavy (non-hydrogen) atoms. The van der Waals surface area contributed by atoms with Crippen LogP contribution in [0.25, 0.3) is 66.4 Å². The first kappa shape index (κ1) is 32.8. The lowest BCUT2D eigenvalue weighted by Gasteiger charge is -2.30. The number of nitrogens with zero attached hydrogens (tertiary/aromatic N) is 1. The van der Waals surface area contributed by atoms with Crippen LogP contribution in [0.5, 0.6) is 0 Å². The van der Waals surface area contributed by atoms with E-state index in [1.165, 1.54) is 61.2 Å². The maximum atomic E-state index is 6.48. The number of hydrogen-bond acceptors (Lipinski definition) is 2. The maximum Gasteiger partial charge on any atom is 0.143 e. The molecule has 268 valence electrons. The number of anilines is 3. The summed E-state index contributed by atoms with van der Waals surface area (Å²) in [6.45, 7) is 9.47. The highest BCUT2D eigenvalue weighted by Crippen LogP contribution is 2.54. The van der Waals surface area contributed by atoms with Gasteiger partial charge in [-0.3, -0.25) is 0 Å². The highest BCUT2D eigenvalue weighted by molar-refractivity contribution is 6.09. The van der Waals surface area contributed by atoms with Gasteiger partial charge in [0.2, 0.25) is 0 Å². The molecule has 11 rings (SSSR count). The van der Waals surface area contributed by atoms with E-state index in [2.05, 4.69) is 202 Å². The van der Waals surface area contributed by atoms with Crippen LogP contribution < -0.4 is 4.90 Å². The lowest BCUT2D eigenvalue weighted by molar-refractivity contribution is 0.660. The third-order valence-corrected chi connectivity index (χ3v) is 12.7. The molecule has 0 N–H and O–H groups in total. The zero-order valence-electron chi connectivity index (χ0n) is 32.1. The molecule has 2 aliphatic rings. The van der Waals surface area contributed by atoms with Gasteiger partial charge >= 0.3 is 0 Å². The van der Waals surface area contributed by atoms with Crippen molar-refractivity contribution < 1.29 is 4.42 Å². The Morgan fingerprint density at radius 3 is 1.71 bits per heavy atom. The number of hydrogen-bond donors (Lipinski definition) is 0. The molecule has 0 amide bonds. The van der Waals surface area contributed by atoms with Gasteiger partial charge in [0.1, 0.15) is 11.2 Å². The molecule has 0 atom stereocenters. The minimum absolute atomic E-state index is 0.106. The van der Waals surface area contributed by atoms with Gasteiger partial charge in [-0.1, -0.05) is 155 Å². The van der Waals surface area contributed by atoms with Crippen LogP contribution in [0.3, 0.4) is 0 Å². The second-order valence-corrected chi connectivity index (χ2v) is 16.5. The molecule has 0 aliphatic heterocycles. The molecule has 0 fully saturated rings. The Hall–Kier alpha value is -6.64. The van der Waals surface area contributed by atoms with Gasteiger partial charge in [0, 0.05) is 44.2 Å². The van der Waals surface area contributed by atoms with Crippen LogP contribution in [0.15, 0.2) is 180 Å². The van der Waals surface area contributed by atoms with Crippen LogP contribution in [-0.2, 0) is 10.8 Å². The quantitative estimate of drug-likeness (QED) is 0.176. The molecular formula is C54H41NO. The molecule has 2 aliphatic carbocycles. The fraction of sp³-hybridized carbons (Fsp3) is 0.111. The monoisotopic (exact) mass is 719 g/mol. The third kappa shape index (κ3) is 4.75. The van der Waals surface area contributed by atoms with Crippen molar-refractivity contribution in [2.45, 2.75) is 38.5 Å². The van der Waals surface area contributed by atoms with E-state index >= 15 is 0 Å². The van der Waals surface area contributed by atoms with Crippen molar-refractivity contribution >= 4 is 39.0 Å².